The molecule has 1 rings (SSSR count). The molecule has 0 aliphatic heterocycles. The largest absolute Gasteiger partial charge is 0.312 e. The van der Waals surface area contributed by atoms with E-state index in [1.807, 2.05) is 0 Å². The smallest absolute Gasteiger partial charge is 0.00719 e. The Labute approximate surface area is 70.6 Å². The second-order valence-corrected chi connectivity index (χ2v) is 4.29. The molecule has 1 N–H and O–H groups in total. The highest BCUT2D eigenvalue weighted by Gasteiger charge is 2.18. The first kappa shape index (κ1) is 9.05. The summed E-state index contributed by atoms with van der Waals surface area (Å²) in [6.07, 6.45) is 5.64. The van der Waals surface area contributed by atoms with Crippen molar-refractivity contribution in [3.05, 3.63) is 0 Å². The molecule has 0 bridgehead atoms. The molecule has 0 radical (unpaired) electrons. The second-order valence-electron chi connectivity index (χ2n) is 4.29. The van der Waals surface area contributed by atoms with E-state index in [0.29, 0.717) is 6.04 Å². The summed E-state index contributed by atoms with van der Waals surface area (Å²) in [4.78, 5) is 0. The van der Waals surface area contributed by atoms with Gasteiger partial charge in [0, 0.05) is 12.1 Å². The molecule has 0 aromatic carbocycles. The average Bonchev–Trinajstić information content (AvgIpc) is 1.85. The van der Waals surface area contributed by atoms with Crippen molar-refractivity contribution in [2.45, 2.75) is 58.5 Å². The minimum absolute atomic E-state index is 0.658. The van der Waals surface area contributed by atoms with Gasteiger partial charge in [0.05, 0.1) is 0 Å². The van der Waals surface area contributed by atoms with Crippen molar-refractivity contribution in [1.29, 1.82) is 0 Å². The first-order chi connectivity index (χ1) is 5.18. The van der Waals surface area contributed by atoms with Gasteiger partial charge in [0.1, 0.15) is 0 Å². The van der Waals surface area contributed by atoms with Gasteiger partial charge in [-0.3, -0.25) is 0 Å². The van der Waals surface area contributed by atoms with E-state index in [4.69, 9.17) is 0 Å². The predicted octanol–water partition coefficient (Wildman–Crippen LogP) is 2.56. The maximum Gasteiger partial charge on any atom is 0.00719 e. The first-order valence-electron chi connectivity index (χ1n) is 4.94. The summed E-state index contributed by atoms with van der Waals surface area (Å²) in [6, 6.07) is 1.46. The van der Waals surface area contributed by atoms with Crippen LogP contribution < -0.4 is 5.32 Å². The summed E-state index contributed by atoms with van der Waals surface area (Å²) in [5.74, 6) is 0.944. The highest BCUT2D eigenvalue weighted by atomic mass is 14.9. The average molecular weight is 155 g/mol. The number of hydrogen-bond donors (Lipinski definition) is 1. The molecule has 0 heterocycles. The van der Waals surface area contributed by atoms with Crippen molar-refractivity contribution in [1.82, 2.24) is 5.32 Å². The van der Waals surface area contributed by atoms with Gasteiger partial charge in [-0.2, -0.15) is 0 Å². The van der Waals surface area contributed by atoms with Crippen molar-refractivity contribution < 1.29 is 0 Å². The maximum absolute atomic E-state index is 3.61. The molecule has 1 nitrogen and oxygen atoms in total. The van der Waals surface area contributed by atoms with E-state index in [1.165, 1.54) is 25.7 Å². The number of rotatable bonds is 2. The Morgan fingerprint density at radius 3 is 2.55 bits per heavy atom. The van der Waals surface area contributed by atoms with Gasteiger partial charge >= 0.3 is 0 Å². The highest BCUT2D eigenvalue weighted by Crippen LogP contribution is 2.23. The first-order valence-corrected chi connectivity index (χ1v) is 4.94. The third-order valence-corrected chi connectivity index (χ3v) is 2.51. The summed E-state index contributed by atoms with van der Waals surface area (Å²) < 4.78 is 0. The molecule has 0 saturated heterocycles. The Morgan fingerprint density at radius 1 is 1.27 bits per heavy atom. The molecule has 0 aromatic heterocycles. The van der Waals surface area contributed by atoms with Crippen molar-refractivity contribution >= 4 is 0 Å². The lowest BCUT2D eigenvalue weighted by molar-refractivity contribution is 0.289. The molecule has 1 saturated carbocycles. The number of nitrogens with one attached hydrogen (secondary N) is 1. The normalized spacial score (nSPS) is 32.7. The molecule has 1 fully saturated rings. The van der Waals surface area contributed by atoms with E-state index in [1.54, 1.807) is 0 Å². The highest BCUT2D eigenvalue weighted by molar-refractivity contribution is 4.76. The molecule has 1 heteroatoms. The van der Waals surface area contributed by atoms with Crippen LogP contribution in [0.2, 0.25) is 0 Å². The third kappa shape index (κ3) is 3.24. The lowest BCUT2D eigenvalue weighted by Gasteiger charge is -2.29. The molecule has 1 aliphatic carbocycles. The van der Waals surface area contributed by atoms with Gasteiger partial charge in [-0.1, -0.05) is 33.6 Å². The minimum atomic E-state index is 0.658. The number of hydrogen-bond acceptors (Lipinski definition) is 1. The van der Waals surface area contributed by atoms with Gasteiger partial charge < -0.3 is 5.32 Å². The fourth-order valence-corrected chi connectivity index (χ4v) is 2.06. The Morgan fingerprint density at radius 2 is 2.00 bits per heavy atom. The van der Waals surface area contributed by atoms with E-state index in [2.05, 4.69) is 26.1 Å². The molecular formula is C10H21N. The van der Waals surface area contributed by atoms with E-state index in [0.717, 1.165) is 12.0 Å². The van der Waals surface area contributed by atoms with Crippen LogP contribution in [0.15, 0.2) is 0 Å². The summed E-state index contributed by atoms with van der Waals surface area (Å²) >= 11 is 0. The lowest BCUT2D eigenvalue weighted by atomic mass is 9.87. The van der Waals surface area contributed by atoms with E-state index >= 15 is 0 Å². The standard InChI is InChI=1S/C10H21N/c1-8(2)11-10-6-4-5-9(3)7-10/h8-11H,4-7H2,1-3H3/t9-,10-/m0/s1. The molecular weight excluding hydrogens is 134 g/mol. The van der Waals surface area contributed by atoms with Crippen LogP contribution in [0.3, 0.4) is 0 Å². The van der Waals surface area contributed by atoms with Crippen LogP contribution in [-0.4, -0.2) is 12.1 Å². The van der Waals surface area contributed by atoms with Crippen LogP contribution in [0.5, 0.6) is 0 Å². The van der Waals surface area contributed by atoms with Gasteiger partial charge in [0.15, 0.2) is 0 Å². The monoisotopic (exact) mass is 155 g/mol. The van der Waals surface area contributed by atoms with Crippen LogP contribution >= 0.6 is 0 Å². The Bertz CT molecular complexity index is 107. The molecule has 1 aliphatic rings. The summed E-state index contributed by atoms with van der Waals surface area (Å²) in [7, 11) is 0. The Balaban J connectivity index is 2.23. The third-order valence-electron chi connectivity index (χ3n) is 2.51. The fourth-order valence-electron chi connectivity index (χ4n) is 2.06. The fraction of sp³-hybridized carbons (Fsp3) is 1.00. The van der Waals surface area contributed by atoms with E-state index in [9.17, 15) is 0 Å². The molecule has 0 spiro atoms. The van der Waals surface area contributed by atoms with Gasteiger partial charge in [-0.25, -0.2) is 0 Å². The SMILES string of the molecule is CC(C)N[C@H]1CCC[C@H](C)C1. The van der Waals surface area contributed by atoms with E-state index in [-0.39, 0.29) is 0 Å². The van der Waals surface area contributed by atoms with Gasteiger partial charge in [0.2, 0.25) is 0 Å². The van der Waals surface area contributed by atoms with Crippen LogP contribution in [0, 0.1) is 5.92 Å². The lowest BCUT2D eigenvalue weighted by Crippen LogP contribution is -2.37. The van der Waals surface area contributed by atoms with Gasteiger partial charge in [0.25, 0.3) is 0 Å². The topological polar surface area (TPSA) is 12.0 Å². The molecule has 2 atom stereocenters. The van der Waals surface area contributed by atoms with Crippen molar-refractivity contribution in [2.24, 2.45) is 5.92 Å². The summed E-state index contributed by atoms with van der Waals surface area (Å²) in [6.45, 7) is 6.84. The van der Waals surface area contributed by atoms with Gasteiger partial charge in [-0.15, -0.1) is 0 Å². The van der Waals surface area contributed by atoms with Crippen LogP contribution in [0.4, 0.5) is 0 Å². The molecule has 11 heavy (non-hydrogen) atoms. The van der Waals surface area contributed by atoms with Crippen molar-refractivity contribution in [2.75, 3.05) is 0 Å². The Hall–Kier alpha value is -0.0400. The van der Waals surface area contributed by atoms with Crippen LogP contribution in [0.1, 0.15) is 46.5 Å². The quantitative estimate of drug-likeness (QED) is 0.646. The summed E-state index contributed by atoms with van der Waals surface area (Å²) in [5, 5.41) is 3.61. The zero-order valence-electron chi connectivity index (χ0n) is 8.06. The molecule has 0 aromatic rings. The zero-order valence-corrected chi connectivity index (χ0v) is 8.06. The summed E-state index contributed by atoms with van der Waals surface area (Å²) in [5.41, 5.74) is 0. The molecule has 0 unspecified atom stereocenters. The minimum Gasteiger partial charge on any atom is -0.312 e. The van der Waals surface area contributed by atoms with Crippen molar-refractivity contribution in [3.8, 4) is 0 Å². The van der Waals surface area contributed by atoms with Crippen molar-refractivity contribution in [3.63, 3.8) is 0 Å². The van der Waals surface area contributed by atoms with Crippen LogP contribution in [0.25, 0.3) is 0 Å². The van der Waals surface area contributed by atoms with E-state index < -0.39 is 0 Å². The second kappa shape index (κ2) is 4.10. The predicted molar refractivity (Wildman–Crippen MR) is 49.7 cm³/mol. The molecule has 66 valence electrons. The zero-order chi connectivity index (χ0) is 8.27. The van der Waals surface area contributed by atoms with Gasteiger partial charge in [-0.05, 0) is 18.8 Å². The molecule has 0 amide bonds. The Kier molecular flexibility index (Phi) is 3.38. The maximum atomic E-state index is 3.61. The van der Waals surface area contributed by atoms with Crippen LogP contribution in [-0.2, 0) is 0 Å².